The van der Waals surface area contributed by atoms with Gasteiger partial charge in [0, 0.05) is 18.5 Å². The molecule has 0 aliphatic heterocycles. The van der Waals surface area contributed by atoms with E-state index in [0.29, 0.717) is 6.54 Å². The molecule has 0 radical (unpaired) electrons. The monoisotopic (exact) mass is 417 g/mol. The van der Waals surface area contributed by atoms with Gasteiger partial charge in [-0.25, -0.2) is 0 Å². The Balaban J connectivity index is 1.57. The molecule has 3 aromatic rings. The number of benzene rings is 3. The molecule has 0 bridgehead atoms. The maximum Gasteiger partial charge on any atom is 0.119 e. The second-order valence-corrected chi connectivity index (χ2v) is 8.39. The average Bonchev–Trinajstić information content (AvgIpc) is 2.84. The van der Waals surface area contributed by atoms with Crippen LogP contribution in [0.2, 0.25) is 0 Å². The van der Waals surface area contributed by atoms with Gasteiger partial charge in [0.25, 0.3) is 0 Å². The molecule has 0 saturated heterocycles. The molecule has 4 heteroatoms. The van der Waals surface area contributed by atoms with Crippen molar-refractivity contribution in [2.24, 2.45) is 0 Å². The summed E-state index contributed by atoms with van der Waals surface area (Å²) in [5.74, 6) is 0.448. The van der Waals surface area contributed by atoms with Crippen LogP contribution in [0.3, 0.4) is 0 Å². The smallest absolute Gasteiger partial charge is 0.119 e. The summed E-state index contributed by atoms with van der Waals surface area (Å²) in [5, 5.41) is 25.9. The molecule has 3 aromatic carbocycles. The standard InChI is InChI=1S/C27H31NO3/c1-31-25-15-13-20-12-14-24(16-22(20)17-25)28-19-27(30,23-10-6-3-7-11-23)26(18-29)21-8-4-2-5-9-21/h2-11,13,15,17,24,26,28-30H,12,14,16,18-19H2,1H3/t24?,26?,27-/m1/s1. The highest BCUT2D eigenvalue weighted by atomic mass is 16.5. The lowest BCUT2D eigenvalue weighted by Crippen LogP contribution is -2.48. The van der Waals surface area contributed by atoms with Crippen molar-refractivity contribution < 1.29 is 14.9 Å². The van der Waals surface area contributed by atoms with Gasteiger partial charge in [0.15, 0.2) is 0 Å². The van der Waals surface area contributed by atoms with Crippen LogP contribution in [0.15, 0.2) is 78.9 Å². The Kier molecular flexibility index (Phi) is 6.71. The average molecular weight is 418 g/mol. The second-order valence-electron chi connectivity index (χ2n) is 8.39. The van der Waals surface area contributed by atoms with Crippen LogP contribution in [-0.2, 0) is 18.4 Å². The van der Waals surface area contributed by atoms with E-state index in [4.69, 9.17) is 4.74 Å². The van der Waals surface area contributed by atoms with Gasteiger partial charge in [0.05, 0.1) is 13.7 Å². The minimum Gasteiger partial charge on any atom is -0.497 e. The minimum absolute atomic E-state index is 0.137. The summed E-state index contributed by atoms with van der Waals surface area (Å²) in [6.07, 6.45) is 2.91. The van der Waals surface area contributed by atoms with Gasteiger partial charge >= 0.3 is 0 Å². The van der Waals surface area contributed by atoms with E-state index in [1.54, 1.807) is 7.11 Å². The first-order valence-corrected chi connectivity index (χ1v) is 11.0. The third-order valence-electron chi connectivity index (χ3n) is 6.54. The van der Waals surface area contributed by atoms with Gasteiger partial charge < -0.3 is 20.3 Å². The Labute approximate surface area is 184 Å². The third kappa shape index (κ3) is 4.67. The molecule has 0 spiro atoms. The van der Waals surface area contributed by atoms with Gasteiger partial charge in [-0.3, -0.25) is 0 Å². The van der Waals surface area contributed by atoms with Crippen LogP contribution in [0.1, 0.15) is 34.6 Å². The SMILES string of the molecule is COc1ccc2c(c1)CC(NC[C@@](O)(c1ccccc1)C(CO)c1ccccc1)CC2. The van der Waals surface area contributed by atoms with E-state index in [1.807, 2.05) is 66.7 Å². The number of aliphatic hydroxyl groups is 2. The van der Waals surface area contributed by atoms with Crippen LogP contribution in [0.25, 0.3) is 0 Å². The molecular formula is C27H31NO3. The molecule has 3 N–H and O–H groups in total. The summed E-state index contributed by atoms with van der Waals surface area (Å²) in [6.45, 7) is 0.225. The molecule has 4 nitrogen and oxygen atoms in total. The largest absolute Gasteiger partial charge is 0.497 e. The lowest BCUT2D eigenvalue weighted by atomic mass is 9.77. The van der Waals surface area contributed by atoms with Crippen LogP contribution >= 0.6 is 0 Å². The van der Waals surface area contributed by atoms with Crippen LogP contribution in [-0.4, -0.2) is 36.5 Å². The first-order chi connectivity index (χ1) is 15.1. The number of rotatable bonds is 8. The molecule has 2 unspecified atom stereocenters. The molecule has 1 aliphatic carbocycles. The van der Waals surface area contributed by atoms with E-state index < -0.39 is 11.5 Å². The maximum atomic E-state index is 12.0. The Bertz CT molecular complexity index is 976. The molecule has 3 atom stereocenters. The third-order valence-corrected chi connectivity index (χ3v) is 6.54. The van der Waals surface area contributed by atoms with Gasteiger partial charge in [-0.1, -0.05) is 66.7 Å². The zero-order valence-corrected chi connectivity index (χ0v) is 18.0. The quantitative estimate of drug-likeness (QED) is 0.522. The normalized spacial score (nSPS) is 18.6. The molecule has 0 saturated carbocycles. The molecule has 0 heterocycles. The maximum absolute atomic E-state index is 12.0. The first kappa shape index (κ1) is 21.6. The van der Waals surface area contributed by atoms with E-state index in [9.17, 15) is 10.2 Å². The molecular weight excluding hydrogens is 386 g/mol. The zero-order valence-electron chi connectivity index (χ0n) is 18.0. The molecule has 1 aliphatic rings. The number of fused-ring (bicyclic) bond motifs is 1. The number of nitrogens with one attached hydrogen (secondary N) is 1. The molecule has 4 rings (SSSR count). The molecule has 0 fully saturated rings. The number of ether oxygens (including phenoxy) is 1. The van der Waals surface area contributed by atoms with Gasteiger partial charge in [-0.2, -0.15) is 0 Å². The topological polar surface area (TPSA) is 61.7 Å². The molecule has 162 valence electrons. The van der Waals surface area contributed by atoms with Crippen molar-refractivity contribution in [3.63, 3.8) is 0 Å². The number of aryl methyl sites for hydroxylation is 1. The van der Waals surface area contributed by atoms with Crippen molar-refractivity contribution >= 4 is 0 Å². The zero-order chi connectivity index (χ0) is 21.7. The summed E-state index contributed by atoms with van der Waals surface area (Å²) in [7, 11) is 1.69. The van der Waals surface area contributed by atoms with Crippen molar-refractivity contribution in [2.45, 2.75) is 36.8 Å². The highest BCUT2D eigenvalue weighted by Crippen LogP contribution is 2.37. The van der Waals surface area contributed by atoms with Crippen molar-refractivity contribution in [1.29, 1.82) is 0 Å². The van der Waals surface area contributed by atoms with E-state index in [-0.39, 0.29) is 12.6 Å². The summed E-state index contributed by atoms with van der Waals surface area (Å²) in [6, 6.07) is 26.0. The number of hydrogen-bond acceptors (Lipinski definition) is 4. The highest BCUT2D eigenvalue weighted by Gasteiger charge is 2.39. The summed E-state index contributed by atoms with van der Waals surface area (Å²) in [4.78, 5) is 0. The fraction of sp³-hybridized carbons (Fsp3) is 0.333. The molecule has 31 heavy (non-hydrogen) atoms. The Morgan fingerprint density at radius 2 is 1.71 bits per heavy atom. The number of aliphatic hydroxyl groups excluding tert-OH is 1. The van der Waals surface area contributed by atoms with Crippen molar-refractivity contribution in [3.8, 4) is 5.75 Å². The van der Waals surface area contributed by atoms with Gasteiger partial charge in [-0.05, 0) is 53.6 Å². The Hall–Kier alpha value is -2.66. The highest BCUT2D eigenvalue weighted by molar-refractivity contribution is 5.38. The number of methoxy groups -OCH3 is 1. The fourth-order valence-electron chi connectivity index (χ4n) is 4.71. The lowest BCUT2D eigenvalue weighted by molar-refractivity contribution is -0.0132. The van der Waals surface area contributed by atoms with Crippen molar-refractivity contribution in [1.82, 2.24) is 5.32 Å². The van der Waals surface area contributed by atoms with Crippen molar-refractivity contribution in [2.75, 3.05) is 20.3 Å². The van der Waals surface area contributed by atoms with Gasteiger partial charge in [0.2, 0.25) is 0 Å². The fourth-order valence-corrected chi connectivity index (χ4v) is 4.71. The lowest BCUT2D eigenvalue weighted by Gasteiger charge is -2.38. The summed E-state index contributed by atoms with van der Waals surface area (Å²) >= 11 is 0. The van der Waals surface area contributed by atoms with Gasteiger partial charge in [0.1, 0.15) is 11.4 Å². The van der Waals surface area contributed by atoms with Crippen LogP contribution in [0, 0.1) is 0 Å². The summed E-state index contributed by atoms with van der Waals surface area (Å²) in [5.41, 5.74) is 3.18. The summed E-state index contributed by atoms with van der Waals surface area (Å²) < 4.78 is 5.39. The predicted octanol–water partition coefficient (Wildman–Crippen LogP) is 3.81. The second kappa shape index (κ2) is 9.65. The van der Waals surface area contributed by atoms with Crippen LogP contribution < -0.4 is 10.1 Å². The van der Waals surface area contributed by atoms with Crippen molar-refractivity contribution in [3.05, 3.63) is 101 Å². The predicted molar refractivity (Wildman–Crippen MR) is 123 cm³/mol. The molecule has 0 amide bonds. The van der Waals surface area contributed by atoms with E-state index in [0.717, 1.165) is 36.1 Å². The van der Waals surface area contributed by atoms with Crippen LogP contribution in [0.5, 0.6) is 5.75 Å². The van der Waals surface area contributed by atoms with Crippen LogP contribution in [0.4, 0.5) is 0 Å². The Morgan fingerprint density at radius 1 is 1.00 bits per heavy atom. The minimum atomic E-state index is -1.23. The molecule has 0 aromatic heterocycles. The van der Waals surface area contributed by atoms with E-state index >= 15 is 0 Å². The van der Waals surface area contributed by atoms with Gasteiger partial charge in [-0.15, -0.1) is 0 Å². The van der Waals surface area contributed by atoms with E-state index in [2.05, 4.69) is 17.4 Å². The van der Waals surface area contributed by atoms with E-state index in [1.165, 1.54) is 11.1 Å². The Morgan fingerprint density at radius 3 is 2.39 bits per heavy atom. The number of hydrogen-bond donors (Lipinski definition) is 3. The first-order valence-electron chi connectivity index (χ1n) is 11.0.